The Morgan fingerprint density at radius 1 is 0.585 bits per heavy atom. The van der Waals surface area contributed by atoms with E-state index < -0.39 is 0 Å². The van der Waals surface area contributed by atoms with Crippen LogP contribution in [0.3, 0.4) is 0 Å². The third kappa shape index (κ3) is 13.4. The fourth-order valence-electron chi connectivity index (χ4n) is 6.72. The summed E-state index contributed by atoms with van der Waals surface area (Å²) < 4.78 is 0. The third-order valence-corrected chi connectivity index (χ3v) is 9.61. The first-order valence-electron chi connectivity index (χ1n) is 18.5. The van der Waals surface area contributed by atoms with Gasteiger partial charge in [-0.15, -0.1) is 0 Å². The van der Waals surface area contributed by atoms with Gasteiger partial charge in [-0.25, -0.2) is 0 Å². The van der Waals surface area contributed by atoms with Crippen molar-refractivity contribution in [3.63, 3.8) is 0 Å². The second-order valence-electron chi connectivity index (χ2n) is 13.5. The summed E-state index contributed by atoms with van der Waals surface area (Å²) >= 11 is 0. The molecular formula is C42H51BiN9O. The van der Waals surface area contributed by atoms with Crippen LogP contribution >= 0.6 is 0 Å². The van der Waals surface area contributed by atoms with Crippen molar-refractivity contribution >= 4 is 37.8 Å². The molecule has 1 aliphatic heterocycles. The third-order valence-electron chi connectivity index (χ3n) is 9.61. The number of hydrogen-bond acceptors (Lipinski definition) is 9. The van der Waals surface area contributed by atoms with Gasteiger partial charge in [0.25, 0.3) is 0 Å². The molecule has 5 aromatic rings. The number of nitrogens with one attached hydrogen (secondary N) is 1. The number of carbonyl (C=O) groups is 1. The van der Waals surface area contributed by atoms with Crippen LogP contribution in [0.5, 0.6) is 0 Å². The topological polar surface area (TPSA) is 93.6 Å². The van der Waals surface area contributed by atoms with E-state index in [0.717, 1.165) is 107 Å². The van der Waals surface area contributed by atoms with E-state index in [1.54, 1.807) is 0 Å². The maximum atomic E-state index is 12.1. The van der Waals surface area contributed by atoms with Crippen LogP contribution in [0.25, 0.3) is 0 Å². The molecule has 275 valence electrons. The molecule has 4 aromatic heterocycles. The van der Waals surface area contributed by atoms with Crippen molar-refractivity contribution < 1.29 is 4.79 Å². The molecule has 3 radical (unpaired) electrons. The van der Waals surface area contributed by atoms with Gasteiger partial charge < -0.3 is 5.32 Å². The van der Waals surface area contributed by atoms with E-state index in [1.165, 1.54) is 5.56 Å². The Balaban J connectivity index is 0.00000541. The van der Waals surface area contributed by atoms with Gasteiger partial charge in [0, 0.05) is 141 Å². The van der Waals surface area contributed by atoms with E-state index >= 15 is 0 Å². The standard InChI is InChI=1S/C42H51N9O.Bi/c1-2-42(52)47-36-17-15-35(16-18-36)29-41-34-50(32-39-13-5-9-21-45-39)26-25-48(30-37-11-3-7-19-43-37)23-24-49(31-38-12-4-8-20-44-38)27-28-51(41)33-40-14-6-10-22-46-40;/h3-22,41H,2,23-34H2,1H3,(H,47,52);/i;1+4. The summed E-state index contributed by atoms with van der Waals surface area (Å²) in [6.07, 6.45) is 8.86. The van der Waals surface area contributed by atoms with Crippen LogP contribution < -0.4 is 5.32 Å². The van der Waals surface area contributed by atoms with Gasteiger partial charge in [-0.1, -0.05) is 43.3 Å². The minimum Gasteiger partial charge on any atom is -0.326 e. The smallest absolute Gasteiger partial charge is 0.224 e. The number of hydrogen-bond donors (Lipinski definition) is 1. The van der Waals surface area contributed by atoms with E-state index in [2.05, 4.69) is 90.6 Å². The second kappa shape index (κ2) is 21.6. The summed E-state index contributed by atoms with van der Waals surface area (Å²) in [7, 11) is 0. The minimum absolute atomic E-state index is 0. The number of benzene rings is 1. The van der Waals surface area contributed by atoms with Gasteiger partial charge >= 0.3 is 0 Å². The average Bonchev–Trinajstić information content (AvgIpc) is 3.18. The van der Waals surface area contributed by atoms with Crippen molar-refractivity contribution in [3.05, 3.63) is 150 Å². The molecule has 53 heavy (non-hydrogen) atoms. The summed E-state index contributed by atoms with van der Waals surface area (Å²) in [6.45, 7) is 11.2. The second-order valence-corrected chi connectivity index (χ2v) is 13.5. The zero-order chi connectivity index (χ0) is 35.8. The first-order chi connectivity index (χ1) is 25.6. The van der Waals surface area contributed by atoms with Crippen LogP contribution in [0.1, 0.15) is 41.7 Å². The molecule has 10 nitrogen and oxygen atoms in total. The van der Waals surface area contributed by atoms with Gasteiger partial charge in [-0.2, -0.15) is 0 Å². The van der Waals surface area contributed by atoms with Crippen molar-refractivity contribution in [2.24, 2.45) is 0 Å². The molecule has 1 N–H and O–H groups in total. The molecule has 1 saturated heterocycles. The van der Waals surface area contributed by atoms with Crippen LogP contribution in [-0.4, -0.2) is 124 Å². The number of nitrogens with zero attached hydrogens (tertiary/aromatic N) is 8. The molecule has 1 aromatic carbocycles. The summed E-state index contributed by atoms with van der Waals surface area (Å²) in [5.41, 5.74) is 6.35. The number of pyridine rings is 4. The first-order valence-corrected chi connectivity index (χ1v) is 18.5. The van der Waals surface area contributed by atoms with Gasteiger partial charge in [0.1, 0.15) is 0 Å². The maximum absolute atomic E-state index is 12.1. The van der Waals surface area contributed by atoms with Crippen molar-refractivity contribution in [1.29, 1.82) is 0 Å². The molecule has 1 amide bonds. The molecule has 1 fully saturated rings. The minimum atomic E-state index is 0. The van der Waals surface area contributed by atoms with Crippen molar-refractivity contribution in [1.82, 2.24) is 39.5 Å². The van der Waals surface area contributed by atoms with E-state index in [0.29, 0.717) is 6.42 Å². The molecule has 1 aliphatic rings. The molecule has 1 atom stereocenters. The van der Waals surface area contributed by atoms with E-state index in [9.17, 15) is 4.79 Å². The Hall–Kier alpha value is -3.99. The Bertz CT molecular complexity index is 1750. The van der Waals surface area contributed by atoms with Gasteiger partial charge in [0.2, 0.25) is 5.91 Å². The van der Waals surface area contributed by atoms with Gasteiger partial charge in [0.15, 0.2) is 0 Å². The zero-order valence-corrected chi connectivity index (χ0v) is 34.2. The Morgan fingerprint density at radius 3 is 1.47 bits per heavy atom. The molecule has 0 saturated carbocycles. The number of carbonyl (C=O) groups excluding carboxylic acids is 1. The first kappa shape index (κ1) is 40.2. The largest absolute Gasteiger partial charge is 0.326 e. The zero-order valence-electron chi connectivity index (χ0n) is 30.7. The summed E-state index contributed by atoms with van der Waals surface area (Å²) in [4.78, 5) is 41.3. The van der Waals surface area contributed by atoms with Crippen LogP contribution in [0.15, 0.2) is 122 Å². The molecular weight excluding hydrogens is 860 g/mol. The predicted octanol–water partition coefficient (Wildman–Crippen LogP) is 5.17. The van der Waals surface area contributed by atoms with Crippen molar-refractivity contribution in [2.45, 2.75) is 52.0 Å². The Morgan fingerprint density at radius 2 is 1.02 bits per heavy atom. The van der Waals surface area contributed by atoms with Crippen LogP contribution in [0.2, 0.25) is 0 Å². The normalized spacial score (nSPS) is 16.9. The number of aromatic nitrogens is 4. The summed E-state index contributed by atoms with van der Waals surface area (Å²) in [5, 5.41) is 3.00. The number of anilines is 1. The fraction of sp³-hybridized carbons (Fsp3) is 0.357. The molecule has 5 heterocycles. The Labute approximate surface area is 333 Å². The van der Waals surface area contributed by atoms with Crippen molar-refractivity contribution in [3.8, 4) is 0 Å². The Kier molecular flexibility index (Phi) is 16.4. The van der Waals surface area contributed by atoms with Crippen LogP contribution in [0.4, 0.5) is 5.69 Å². The quantitative estimate of drug-likeness (QED) is 0.171. The number of amides is 1. The van der Waals surface area contributed by atoms with Crippen LogP contribution in [0, 0.1) is 0 Å². The molecule has 11 heteroatoms. The SMILES string of the molecule is CCC(=O)Nc1ccc(CC2CN(Cc3ccccn3)CCN(Cc3ccccn3)CCN(Cc3ccccn3)CCN2Cc2ccccn2)cc1.[213Bi]. The monoisotopic (exact) mass is 910 g/mol. The molecule has 0 aliphatic carbocycles. The molecule has 0 spiro atoms. The molecule has 1 unspecified atom stereocenters. The number of rotatable bonds is 12. The van der Waals surface area contributed by atoms with Crippen molar-refractivity contribution in [2.75, 3.05) is 51.1 Å². The van der Waals surface area contributed by atoms with Crippen LogP contribution in [-0.2, 0) is 37.4 Å². The van der Waals surface area contributed by atoms with Gasteiger partial charge in [0.05, 0.1) is 22.8 Å². The van der Waals surface area contributed by atoms with Gasteiger partial charge in [-0.05, 0) is 72.6 Å². The summed E-state index contributed by atoms with van der Waals surface area (Å²) in [6, 6.07) is 33.3. The van der Waals surface area contributed by atoms with E-state index in [4.69, 9.17) is 15.0 Å². The predicted molar refractivity (Wildman–Crippen MR) is 212 cm³/mol. The summed E-state index contributed by atoms with van der Waals surface area (Å²) in [5.74, 6) is 0.0195. The molecule has 6 rings (SSSR count). The molecule has 0 bridgehead atoms. The average molecular weight is 911 g/mol. The van der Waals surface area contributed by atoms with E-state index in [1.807, 2.05) is 68.1 Å². The van der Waals surface area contributed by atoms with E-state index in [-0.39, 0.29) is 38.2 Å². The maximum Gasteiger partial charge on any atom is 0.224 e. The fourth-order valence-corrected chi connectivity index (χ4v) is 6.72. The van der Waals surface area contributed by atoms with Gasteiger partial charge in [-0.3, -0.25) is 44.3 Å².